The summed E-state index contributed by atoms with van der Waals surface area (Å²) in [5.41, 5.74) is 2.84. The van der Waals surface area contributed by atoms with Gasteiger partial charge in [0.05, 0.1) is 11.6 Å². The molecular formula is C17H20N2O2S. The van der Waals surface area contributed by atoms with Gasteiger partial charge in [-0.25, -0.2) is 4.99 Å². The number of aromatic nitrogens is 1. The van der Waals surface area contributed by atoms with Crippen molar-refractivity contribution < 1.29 is 9.90 Å². The van der Waals surface area contributed by atoms with Crippen molar-refractivity contribution in [2.75, 3.05) is 0 Å². The van der Waals surface area contributed by atoms with Gasteiger partial charge in [-0.2, -0.15) is 0 Å². The van der Waals surface area contributed by atoms with Crippen LogP contribution in [0.1, 0.15) is 32.4 Å². The highest BCUT2D eigenvalue weighted by Gasteiger charge is 2.18. The van der Waals surface area contributed by atoms with Gasteiger partial charge in [-0.15, -0.1) is 11.3 Å². The first-order chi connectivity index (χ1) is 10.5. The lowest BCUT2D eigenvalue weighted by molar-refractivity contribution is -0.138. The van der Waals surface area contributed by atoms with Crippen molar-refractivity contribution in [1.82, 2.24) is 4.57 Å². The lowest BCUT2D eigenvalue weighted by Crippen LogP contribution is -2.20. The van der Waals surface area contributed by atoms with E-state index in [-0.39, 0.29) is 0 Å². The number of benzene rings is 1. The highest BCUT2D eigenvalue weighted by molar-refractivity contribution is 7.07. The Labute approximate surface area is 134 Å². The van der Waals surface area contributed by atoms with Gasteiger partial charge in [0.15, 0.2) is 4.80 Å². The summed E-state index contributed by atoms with van der Waals surface area (Å²) in [5.74, 6) is -1.38. The number of para-hydroxylation sites is 1. The van der Waals surface area contributed by atoms with Crippen LogP contribution in [0.4, 0.5) is 5.69 Å². The topological polar surface area (TPSA) is 54.6 Å². The number of nitrogens with zero attached hydrogens (tertiary/aromatic N) is 2. The van der Waals surface area contributed by atoms with Crippen LogP contribution < -0.4 is 4.80 Å². The summed E-state index contributed by atoms with van der Waals surface area (Å²) < 4.78 is 1.98. The van der Waals surface area contributed by atoms with Crippen LogP contribution in [0.3, 0.4) is 0 Å². The lowest BCUT2D eigenvalue weighted by Gasteiger charge is -2.10. The summed E-state index contributed by atoms with van der Waals surface area (Å²) in [6.07, 6.45) is 2.08. The van der Waals surface area contributed by atoms with E-state index in [9.17, 15) is 9.90 Å². The molecule has 22 heavy (non-hydrogen) atoms. The van der Waals surface area contributed by atoms with Crippen molar-refractivity contribution in [3.63, 3.8) is 0 Å². The van der Waals surface area contributed by atoms with E-state index in [1.165, 1.54) is 16.9 Å². The molecule has 4 nitrogen and oxygen atoms in total. The molecule has 0 spiro atoms. The van der Waals surface area contributed by atoms with Crippen LogP contribution in [-0.2, 0) is 11.3 Å². The van der Waals surface area contributed by atoms with Gasteiger partial charge >= 0.3 is 5.97 Å². The van der Waals surface area contributed by atoms with Crippen molar-refractivity contribution in [2.24, 2.45) is 4.99 Å². The van der Waals surface area contributed by atoms with Crippen molar-refractivity contribution in [1.29, 1.82) is 0 Å². The van der Waals surface area contributed by atoms with Gasteiger partial charge in [0, 0.05) is 17.6 Å². The second kappa shape index (κ2) is 7.22. The number of allylic oxidation sites excluding steroid dienone is 2. The van der Waals surface area contributed by atoms with Crippen LogP contribution in [0.5, 0.6) is 0 Å². The molecular weight excluding hydrogens is 296 g/mol. The molecule has 0 saturated carbocycles. The Balaban J connectivity index is 2.52. The first-order valence-electron chi connectivity index (χ1n) is 7.13. The lowest BCUT2D eigenvalue weighted by atomic mass is 10.1. The van der Waals surface area contributed by atoms with Crippen LogP contribution in [0.15, 0.2) is 52.4 Å². The number of hydrogen-bond donors (Lipinski definition) is 1. The molecule has 116 valence electrons. The molecule has 0 fully saturated rings. The normalized spacial score (nSPS) is 13.0. The van der Waals surface area contributed by atoms with Crippen molar-refractivity contribution in [3.05, 3.63) is 57.9 Å². The Morgan fingerprint density at radius 3 is 2.64 bits per heavy atom. The first kappa shape index (κ1) is 16.2. The maximum atomic E-state index is 11.3. The van der Waals surface area contributed by atoms with Crippen LogP contribution in [-0.4, -0.2) is 15.6 Å². The monoisotopic (exact) mass is 316 g/mol. The Morgan fingerprint density at radius 2 is 2.05 bits per heavy atom. The Hall–Kier alpha value is -2.14. The number of hydrogen-bond acceptors (Lipinski definition) is 3. The predicted molar refractivity (Wildman–Crippen MR) is 89.5 cm³/mol. The molecule has 1 N–H and O–H groups in total. The van der Waals surface area contributed by atoms with E-state index in [1.54, 1.807) is 6.92 Å². The molecule has 0 aliphatic heterocycles. The van der Waals surface area contributed by atoms with Gasteiger partial charge in [-0.05, 0) is 32.9 Å². The fraction of sp³-hybridized carbons (Fsp3) is 0.294. The molecule has 1 aromatic heterocycles. The average Bonchev–Trinajstić information content (AvgIpc) is 2.87. The summed E-state index contributed by atoms with van der Waals surface area (Å²) in [4.78, 5) is 16.8. The highest BCUT2D eigenvalue weighted by Crippen LogP contribution is 2.18. The second-order valence-corrected chi connectivity index (χ2v) is 6.18. The molecule has 2 aromatic rings. The maximum Gasteiger partial charge on any atom is 0.312 e. The number of thiazole rings is 1. The highest BCUT2D eigenvalue weighted by atomic mass is 32.1. The van der Waals surface area contributed by atoms with Gasteiger partial charge in [0.25, 0.3) is 0 Å². The third kappa shape index (κ3) is 3.95. The van der Waals surface area contributed by atoms with E-state index in [1.807, 2.05) is 54.1 Å². The minimum atomic E-state index is -0.824. The largest absolute Gasteiger partial charge is 0.481 e. The van der Waals surface area contributed by atoms with Gasteiger partial charge in [-0.1, -0.05) is 29.8 Å². The number of aliphatic carboxylic acids is 1. The molecule has 0 amide bonds. The van der Waals surface area contributed by atoms with Crippen molar-refractivity contribution in [3.8, 4) is 0 Å². The SMILES string of the molecule is CC(C)=CCn1c(C(C)C(=O)O)cs/c1=N/c1ccccc1. The van der Waals surface area contributed by atoms with E-state index in [0.29, 0.717) is 6.54 Å². The molecule has 5 heteroatoms. The van der Waals surface area contributed by atoms with E-state index < -0.39 is 11.9 Å². The summed E-state index contributed by atoms with van der Waals surface area (Å²) in [6, 6.07) is 9.69. The third-order valence-electron chi connectivity index (χ3n) is 3.30. The van der Waals surface area contributed by atoms with E-state index >= 15 is 0 Å². The zero-order valence-corrected chi connectivity index (χ0v) is 13.8. The molecule has 0 radical (unpaired) electrons. The van der Waals surface area contributed by atoms with Gasteiger partial charge in [0.1, 0.15) is 0 Å². The smallest absolute Gasteiger partial charge is 0.312 e. The molecule has 0 aliphatic rings. The predicted octanol–water partition coefficient (Wildman–Crippen LogP) is 3.94. The number of carboxylic acids is 1. The molecule has 0 aliphatic carbocycles. The summed E-state index contributed by atoms with van der Waals surface area (Å²) >= 11 is 1.47. The standard InChI is InChI=1S/C17H20N2O2S/c1-12(2)9-10-19-15(13(3)16(20)21)11-22-17(19)18-14-7-5-4-6-8-14/h4-9,11,13H,10H2,1-3H3,(H,20,21)/b18-17+. The van der Waals surface area contributed by atoms with Crippen LogP contribution in [0.25, 0.3) is 0 Å². The Bertz CT molecular complexity index is 738. The second-order valence-electron chi connectivity index (χ2n) is 5.34. The maximum absolute atomic E-state index is 11.3. The Kier molecular flexibility index (Phi) is 5.33. The molecule has 1 aromatic carbocycles. The molecule has 0 bridgehead atoms. The molecule has 1 unspecified atom stereocenters. The van der Waals surface area contributed by atoms with Gasteiger partial charge < -0.3 is 9.67 Å². The van der Waals surface area contributed by atoms with Crippen LogP contribution in [0, 0.1) is 0 Å². The number of carboxylic acid groups (broad SMARTS) is 1. The first-order valence-corrected chi connectivity index (χ1v) is 8.01. The van der Waals surface area contributed by atoms with Crippen molar-refractivity contribution in [2.45, 2.75) is 33.2 Å². The van der Waals surface area contributed by atoms with Gasteiger partial charge in [-0.3, -0.25) is 4.79 Å². The molecule has 2 rings (SSSR count). The Morgan fingerprint density at radius 1 is 1.36 bits per heavy atom. The summed E-state index contributed by atoms with van der Waals surface area (Å²) in [7, 11) is 0. The fourth-order valence-electron chi connectivity index (χ4n) is 1.97. The van der Waals surface area contributed by atoms with Crippen molar-refractivity contribution >= 4 is 23.0 Å². The summed E-state index contributed by atoms with van der Waals surface area (Å²) in [6.45, 7) is 6.39. The molecule has 1 atom stereocenters. The van der Waals surface area contributed by atoms with Crippen LogP contribution in [0.2, 0.25) is 0 Å². The number of carbonyl (C=O) groups is 1. The zero-order chi connectivity index (χ0) is 16.1. The van der Waals surface area contributed by atoms with Crippen LogP contribution >= 0.6 is 11.3 Å². The van der Waals surface area contributed by atoms with E-state index in [4.69, 9.17) is 0 Å². The fourth-order valence-corrected chi connectivity index (χ4v) is 2.99. The minimum absolute atomic E-state index is 0.554. The van der Waals surface area contributed by atoms with Gasteiger partial charge in [0.2, 0.25) is 0 Å². The number of rotatable bonds is 5. The zero-order valence-electron chi connectivity index (χ0n) is 13.0. The average molecular weight is 316 g/mol. The van der Waals surface area contributed by atoms with E-state index in [2.05, 4.69) is 11.1 Å². The molecule has 1 heterocycles. The third-order valence-corrected chi connectivity index (χ3v) is 4.19. The minimum Gasteiger partial charge on any atom is -0.481 e. The van der Waals surface area contributed by atoms with E-state index in [0.717, 1.165) is 16.2 Å². The summed E-state index contributed by atoms with van der Waals surface area (Å²) in [5, 5.41) is 11.2. The molecule has 0 saturated heterocycles. The quantitative estimate of drug-likeness (QED) is 0.850.